The van der Waals surface area contributed by atoms with Gasteiger partial charge in [-0.25, -0.2) is 4.98 Å². The van der Waals surface area contributed by atoms with Crippen molar-refractivity contribution in [2.75, 3.05) is 19.5 Å². The number of nitrogens with one attached hydrogen (secondary N) is 1. The molecule has 90 valence electrons. The van der Waals surface area contributed by atoms with E-state index in [2.05, 4.69) is 54.9 Å². The summed E-state index contributed by atoms with van der Waals surface area (Å²) in [4.78, 5) is 4.62. The van der Waals surface area contributed by atoms with Gasteiger partial charge >= 0.3 is 0 Å². The lowest BCUT2D eigenvalue weighted by Crippen LogP contribution is -1.99. The molecule has 0 fully saturated rings. The van der Waals surface area contributed by atoms with Crippen LogP contribution in [0, 0.1) is 3.57 Å². The molecule has 0 aliphatic rings. The number of aromatic nitrogens is 1. The van der Waals surface area contributed by atoms with Crippen molar-refractivity contribution in [3.05, 3.63) is 31.9 Å². The highest BCUT2D eigenvalue weighted by atomic mass is 127. The van der Waals surface area contributed by atoms with Crippen molar-refractivity contribution in [1.29, 1.82) is 0 Å². The fourth-order valence-corrected chi connectivity index (χ4v) is 2.89. The van der Waals surface area contributed by atoms with Crippen molar-refractivity contribution in [3.8, 4) is 0 Å². The third-order valence-electron chi connectivity index (χ3n) is 2.48. The zero-order chi connectivity index (χ0) is 12.4. The summed E-state index contributed by atoms with van der Waals surface area (Å²) in [5, 5.41) is 4.36. The number of hydrogen-bond donors (Lipinski definition) is 1. The Morgan fingerprint density at radius 3 is 2.88 bits per heavy atom. The topological polar surface area (TPSA) is 34.1 Å². The van der Waals surface area contributed by atoms with Crippen LogP contribution >= 0.6 is 38.5 Å². The molecule has 3 nitrogen and oxygen atoms in total. The molecule has 0 amide bonds. The summed E-state index contributed by atoms with van der Waals surface area (Å²) in [5.41, 5.74) is 2.97. The third kappa shape index (κ3) is 2.56. The van der Waals surface area contributed by atoms with Gasteiger partial charge in [-0.15, -0.1) is 0 Å². The molecule has 0 saturated heterocycles. The number of pyridine rings is 1. The fourth-order valence-electron chi connectivity index (χ4n) is 1.74. The highest BCUT2D eigenvalue weighted by Crippen LogP contribution is 2.32. The van der Waals surface area contributed by atoms with E-state index in [1.807, 2.05) is 19.2 Å². The quantitative estimate of drug-likeness (QED) is 0.787. The minimum absolute atomic E-state index is 0.516. The molecule has 2 aromatic rings. The van der Waals surface area contributed by atoms with Crippen LogP contribution in [0.1, 0.15) is 5.69 Å². The molecule has 2 rings (SSSR count). The maximum absolute atomic E-state index is 5.14. The molecule has 0 unspecified atom stereocenters. The number of nitrogens with zero attached hydrogens (tertiary/aromatic N) is 1. The predicted molar refractivity (Wildman–Crippen MR) is 82.4 cm³/mol. The van der Waals surface area contributed by atoms with Gasteiger partial charge in [0.05, 0.1) is 17.8 Å². The highest BCUT2D eigenvalue weighted by Gasteiger charge is 2.10. The van der Waals surface area contributed by atoms with Crippen LogP contribution in [-0.2, 0) is 11.3 Å². The summed E-state index contributed by atoms with van der Waals surface area (Å²) in [7, 11) is 3.59. The first-order valence-electron chi connectivity index (χ1n) is 5.11. The molecule has 1 heterocycles. The molecule has 17 heavy (non-hydrogen) atoms. The lowest BCUT2D eigenvalue weighted by molar-refractivity contribution is 0.182. The van der Waals surface area contributed by atoms with Gasteiger partial charge in [0.15, 0.2) is 0 Å². The Labute approximate surface area is 122 Å². The van der Waals surface area contributed by atoms with E-state index in [0.29, 0.717) is 6.61 Å². The van der Waals surface area contributed by atoms with E-state index in [1.54, 1.807) is 7.11 Å². The molecule has 0 radical (unpaired) electrons. The number of benzene rings is 1. The second-order valence-corrected chi connectivity index (χ2v) is 5.61. The Morgan fingerprint density at radius 2 is 2.24 bits per heavy atom. The van der Waals surface area contributed by atoms with E-state index in [9.17, 15) is 0 Å². The van der Waals surface area contributed by atoms with Crippen molar-refractivity contribution in [2.45, 2.75) is 6.61 Å². The van der Waals surface area contributed by atoms with Gasteiger partial charge in [-0.1, -0.05) is 0 Å². The van der Waals surface area contributed by atoms with Crippen molar-refractivity contribution >= 4 is 55.1 Å². The molecule has 1 aromatic carbocycles. The molecule has 0 aliphatic carbocycles. The molecule has 0 bridgehead atoms. The zero-order valence-corrected chi connectivity index (χ0v) is 13.3. The van der Waals surface area contributed by atoms with Gasteiger partial charge in [-0.2, -0.15) is 0 Å². The maximum Gasteiger partial charge on any atom is 0.0885 e. The summed E-state index contributed by atoms with van der Waals surface area (Å²) < 4.78 is 7.32. The Kier molecular flexibility index (Phi) is 4.22. The number of hydrogen-bond acceptors (Lipinski definition) is 3. The van der Waals surface area contributed by atoms with Crippen LogP contribution in [0.2, 0.25) is 0 Å². The molecule has 1 aromatic heterocycles. The molecule has 0 spiro atoms. The van der Waals surface area contributed by atoms with E-state index in [-0.39, 0.29) is 0 Å². The summed E-state index contributed by atoms with van der Waals surface area (Å²) in [5.74, 6) is 0. The fraction of sp³-hybridized carbons (Fsp3) is 0.250. The first-order chi connectivity index (χ1) is 8.17. The van der Waals surface area contributed by atoms with E-state index in [4.69, 9.17) is 4.74 Å². The van der Waals surface area contributed by atoms with Gasteiger partial charge in [-0.3, -0.25) is 0 Å². The predicted octanol–water partition coefficient (Wildman–Crippen LogP) is 3.79. The van der Waals surface area contributed by atoms with E-state index in [0.717, 1.165) is 26.8 Å². The van der Waals surface area contributed by atoms with Crippen LogP contribution in [0.4, 0.5) is 5.69 Å². The first kappa shape index (κ1) is 13.0. The molecule has 5 heteroatoms. The van der Waals surface area contributed by atoms with Gasteiger partial charge < -0.3 is 10.1 Å². The van der Waals surface area contributed by atoms with Crippen molar-refractivity contribution in [2.24, 2.45) is 0 Å². The smallest absolute Gasteiger partial charge is 0.0885 e. The molecule has 1 N–H and O–H groups in total. The highest BCUT2D eigenvalue weighted by molar-refractivity contribution is 14.1. The van der Waals surface area contributed by atoms with Crippen LogP contribution in [-0.4, -0.2) is 19.1 Å². The first-order valence-corrected chi connectivity index (χ1v) is 6.99. The molecule has 0 saturated carbocycles. The van der Waals surface area contributed by atoms with Gasteiger partial charge in [0.1, 0.15) is 0 Å². The Hall–Kier alpha value is -0.400. The van der Waals surface area contributed by atoms with Crippen LogP contribution in [0.25, 0.3) is 10.9 Å². The number of halogens is 2. The van der Waals surface area contributed by atoms with Crippen LogP contribution in [0.3, 0.4) is 0 Å². The summed E-state index contributed by atoms with van der Waals surface area (Å²) in [6.07, 6.45) is 0. The summed E-state index contributed by atoms with van der Waals surface area (Å²) in [6.45, 7) is 0.516. The maximum atomic E-state index is 5.14. The lowest BCUT2D eigenvalue weighted by atomic mass is 10.1. The van der Waals surface area contributed by atoms with Crippen molar-refractivity contribution in [3.63, 3.8) is 0 Å². The largest absolute Gasteiger partial charge is 0.387 e. The normalized spacial score (nSPS) is 10.8. The van der Waals surface area contributed by atoms with E-state index >= 15 is 0 Å². The number of anilines is 1. The number of fused-ring (bicyclic) bond motifs is 1. The van der Waals surface area contributed by atoms with Gasteiger partial charge in [-0.05, 0) is 56.7 Å². The number of methoxy groups -OCH3 is 1. The van der Waals surface area contributed by atoms with Crippen LogP contribution in [0.5, 0.6) is 0 Å². The number of rotatable bonds is 3. The van der Waals surface area contributed by atoms with Crippen molar-refractivity contribution in [1.82, 2.24) is 4.98 Å². The van der Waals surface area contributed by atoms with Gasteiger partial charge in [0, 0.05) is 33.3 Å². The second kappa shape index (κ2) is 5.49. The second-order valence-electron chi connectivity index (χ2n) is 3.60. The monoisotopic (exact) mass is 406 g/mol. The minimum Gasteiger partial charge on any atom is -0.387 e. The number of ether oxygens (including phenoxy) is 1. The van der Waals surface area contributed by atoms with Gasteiger partial charge in [0.2, 0.25) is 0 Å². The van der Waals surface area contributed by atoms with Gasteiger partial charge in [0.25, 0.3) is 0 Å². The van der Waals surface area contributed by atoms with E-state index < -0.39 is 0 Å². The molecular formula is C12H12BrIN2O. The summed E-state index contributed by atoms with van der Waals surface area (Å²) >= 11 is 5.87. The van der Waals surface area contributed by atoms with Crippen LogP contribution in [0.15, 0.2) is 22.7 Å². The van der Waals surface area contributed by atoms with Crippen LogP contribution < -0.4 is 5.32 Å². The Bertz CT molecular complexity index is 560. The molecule has 0 aliphatic heterocycles. The standard InChI is InChI=1S/C12H12BrIN2O/c1-15-10-5-7(6-17-2)16-12-8(13)3-4-9(14)11(10)12/h3-5H,6H2,1-2H3,(H,15,16). The average Bonchev–Trinajstić information content (AvgIpc) is 2.33. The van der Waals surface area contributed by atoms with Crippen molar-refractivity contribution < 1.29 is 4.74 Å². The third-order valence-corrected chi connectivity index (χ3v) is 4.01. The molecule has 0 atom stereocenters. The minimum atomic E-state index is 0.516. The zero-order valence-electron chi connectivity index (χ0n) is 9.55. The Morgan fingerprint density at radius 1 is 1.47 bits per heavy atom. The average molecular weight is 407 g/mol. The Balaban J connectivity index is 2.77. The summed E-state index contributed by atoms with van der Waals surface area (Å²) in [6, 6.07) is 6.12. The SMILES string of the molecule is CNc1cc(COC)nc2c(Br)ccc(I)c12. The lowest BCUT2D eigenvalue weighted by Gasteiger charge is -2.11. The van der Waals surface area contributed by atoms with E-state index in [1.165, 1.54) is 3.57 Å². The molecular weight excluding hydrogens is 395 g/mol.